The van der Waals surface area contributed by atoms with Crippen molar-refractivity contribution < 1.29 is 14.3 Å². The lowest BCUT2D eigenvalue weighted by Crippen LogP contribution is -2.60. The van der Waals surface area contributed by atoms with Crippen molar-refractivity contribution in [1.29, 1.82) is 0 Å². The summed E-state index contributed by atoms with van der Waals surface area (Å²) in [6.45, 7) is 4.53. The third-order valence-electron chi connectivity index (χ3n) is 4.60. The number of para-hydroxylation sites is 1. The first kappa shape index (κ1) is 17.9. The molecule has 0 saturated heterocycles. The summed E-state index contributed by atoms with van der Waals surface area (Å²) >= 11 is 0. The lowest BCUT2D eigenvalue weighted by molar-refractivity contribution is -0.142. The zero-order valence-electron chi connectivity index (χ0n) is 15.3. The number of amides is 2. The Morgan fingerprint density at radius 3 is 2.81 bits per heavy atom. The van der Waals surface area contributed by atoms with E-state index in [-0.39, 0.29) is 18.2 Å². The molecule has 0 fully saturated rings. The monoisotopic (exact) mass is 353 g/mol. The lowest BCUT2D eigenvalue weighted by atomic mass is 9.90. The van der Waals surface area contributed by atoms with Crippen LogP contribution >= 0.6 is 0 Å². The Balaban J connectivity index is 1.68. The highest BCUT2D eigenvalue weighted by molar-refractivity contribution is 6.09. The van der Waals surface area contributed by atoms with Crippen LogP contribution in [-0.2, 0) is 9.59 Å². The van der Waals surface area contributed by atoms with Crippen LogP contribution in [0, 0.1) is 0 Å². The Labute approximate surface area is 153 Å². The molecule has 0 saturated carbocycles. The molecule has 2 aliphatic heterocycles. The van der Waals surface area contributed by atoms with Gasteiger partial charge in [0.1, 0.15) is 23.7 Å². The second-order valence-electron chi connectivity index (χ2n) is 6.78. The van der Waals surface area contributed by atoms with Crippen LogP contribution in [0.2, 0.25) is 0 Å². The van der Waals surface area contributed by atoms with Crippen molar-refractivity contribution in [1.82, 2.24) is 9.80 Å². The van der Waals surface area contributed by atoms with Crippen molar-refractivity contribution >= 4 is 17.6 Å². The van der Waals surface area contributed by atoms with Gasteiger partial charge in [0.05, 0.1) is 13.0 Å². The van der Waals surface area contributed by atoms with Gasteiger partial charge in [0.2, 0.25) is 5.91 Å². The van der Waals surface area contributed by atoms with Crippen LogP contribution in [0.25, 0.3) is 0 Å². The van der Waals surface area contributed by atoms with Crippen LogP contribution in [0.5, 0.6) is 5.75 Å². The summed E-state index contributed by atoms with van der Waals surface area (Å²) in [5.41, 5.74) is 0.0118. The number of aliphatic imine (C=N–C) groups is 1. The highest BCUT2D eigenvalue weighted by Crippen LogP contribution is 2.30. The first-order valence-corrected chi connectivity index (χ1v) is 8.61. The summed E-state index contributed by atoms with van der Waals surface area (Å²) in [7, 11) is 1.73. The number of amidine groups is 1. The predicted octanol–water partition coefficient (Wildman–Crippen LogP) is 2.39. The lowest BCUT2D eigenvalue weighted by Gasteiger charge is -2.43. The van der Waals surface area contributed by atoms with E-state index in [0.717, 1.165) is 11.3 Å². The van der Waals surface area contributed by atoms with Gasteiger partial charge in [-0.05, 0) is 43.7 Å². The van der Waals surface area contributed by atoms with Crippen molar-refractivity contribution in [2.24, 2.45) is 4.99 Å². The number of fused-ring (bicyclic) bond motifs is 1. The largest absolute Gasteiger partial charge is 0.492 e. The number of carbonyl (C=O) groups excluding carboxylic acids is 2. The fourth-order valence-electron chi connectivity index (χ4n) is 3.15. The Bertz CT molecular complexity index is 798. The van der Waals surface area contributed by atoms with Crippen LogP contribution in [0.15, 0.2) is 59.2 Å². The molecule has 136 valence electrons. The number of hydrogen-bond acceptors (Lipinski definition) is 4. The molecule has 1 aromatic rings. The summed E-state index contributed by atoms with van der Waals surface area (Å²) < 4.78 is 5.67. The molecule has 3 rings (SSSR count). The number of nitrogens with zero attached hydrogens (tertiary/aromatic N) is 3. The highest BCUT2D eigenvalue weighted by atomic mass is 16.5. The van der Waals surface area contributed by atoms with E-state index in [1.807, 2.05) is 55.6 Å². The average Bonchev–Trinajstić information content (AvgIpc) is 2.61. The molecule has 0 unspecified atom stereocenters. The molecule has 2 amide bonds. The topological polar surface area (TPSA) is 62.2 Å². The standard InChI is InChI=1S/C20H23N3O3/c1-15-9-10-23-17(13-15)21-18(24)14-20(23,2)19(25)22(3)11-12-26-16-7-5-4-6-8-16/h4-10,13H,11-12,14H2,1-3H3/t20-/m0/s1. The average molecular weight is 353 g/mol. The van der Waals surface area contributed by atoms with E-state index in [1.165, 1.54) is 0 Å². The minimum absolute atomic E-state index is 0.0520. The van der Waals surface area contributed by atoms with Crippen molar-refractivity contribution in [3.63, 3.8) is 0 Å². The molecule has 1 atom stereocenters. The molecular formula is C20H23N3O3. The van der Waals surface area contributed by atoms with Gasteiger partial charge in [-0.15, -0.1) is 0 Å². The number of ether oxygens (including phenoxy) is 1. The maximum absolute atomic E-state index is 13.1. The minimum atomic E-state index is -0.983. The van der Waals surface area contributed by atoms with E-state index >= 15 is 0 Å². The zero-order chi connectivity index (χ0) is 18.7. The van der Waals surface area contributed by atoms with Crippen LogP contribution in [-0.4, -0.2) is 53.2 Å². The molecule has 0 radical (unpaired) electrons. The Hall–Kier alpha value is -2.89. The molecule has 0 bridgehead atoms. The van der Waals surface area contributed by atoms with Crippen molar-refractivity contribution in [2.75, 3.05) is 20.2 Å². The van der Waals surface area contributed by atoms with Crippen molar-refractivity contribution in [3.8, 4) is 5.75 Å². The number of rotatable bonds is 5. The summed E-state index contributed by atoms with van der Waals surface area (Å²) in [6.07, 6.45) is 5.61. The van der Waals surface area contributed by atoms with Gasteiger partial charge in [0.25, 0.3) is 5.91 Å². The van der Waals surface area contributed by atoms with Crippen molar-refractivity contribution in [2.45, 2.75) is 25.8 Å². The SMILES string of the molecule is CC1=CC2=NC(=O)C[C@@](C)(C(=O)N(C)CCOc3ccccc3)N2C=C1. The quantitative estimate of drug-likeness (QED) is 0.815. The molecule has 0 N–H and O–H groups in total. The van der Waals surface area contributed by atoms with Gasteiger partial charge in [-0.25, -0.2) is 0 Å². The third-order valence-corrected chi connectivity index (χ3v) is 4.60. The number of benzene rings is 1. The maximum atomic E-state index is 13.1. The van der Waals surface area contributed by atoms with Gasteiger partial charge < -0.3 is 14.5 Å². The molecule has 0 aromatic heterocycles. The van der Waals surface area contributed by atoms with Gasteiger partial charge in [-0.1, -0.05) is 18.2 Å². The van der Waals surface area contributed by atoms with E-state index < -0.39 is 5.54 Å². The molecule has 2 heterocycles. The minimum Gasteiger partial charge on any atom is -0.492 e. The van der Waals surface area contributed by atoms with Gasteiger partial charge in [0, 0.05) is 13.2 Å². The van der Waals surface area contributed by atoms with E-state index in [4.69, 9.17) is 4.74 Å². The summed E-state index contributed by atoms with van der Waals surface area (Å²) in [6, 6.07) is 9.47. The van der Waals surface area contributed by atoms with E-state index in [1.54, 1.807) is 23.8 Å². The fraction of sp³-hybridized carbons (Fsp3) is 0.350. The second-order valence-corrected chi connectivity index (χ2v) is 6.78. The fourth-order valence-corrected chi connectivity index (χ4v) is 3.15. The molecule has 2 aliphatic rings. The summed E-state index contributed by atoms with van der Waals surface area (Å²) in [5, 5.41) is 0. The zero-order valence-corrected chi connectivity index (χ0v) is 15.3. The highest BCUT2D eigenvalue weighted by Gasteiger charge is 2.46. The first-order chi connectivity index (χ1) is 12.4. The molecule has 6 heteroatoms. The summed E-state index contributed by atoms with van der Waals surface area (Å²) in [5.74, 6) is 0.875. The Morgan fingerprint density at radius 1 is 1.35 bits per heavy atom. The molecule has 0 spiro atoms. The van der Waals surface area contributed by atoms with E-state index in [9.17, 15) is 9.59 Å². The Kier molecular flexibility index (Phi) is 4.93. The Morgan fingerprint density at radius 2 is 2.08 bits per heavy atom. The van der Waals surface area contributed by atoms with Crippen LogP contribution in [0.1, 0.15) is 20.3 Å². The first-order valence-electron chi connectivity index (χ1n) is 8.61. The molecular weight excluding hydrogens is 330 g/mol. The molecule has 26 heavy (non-hydrogen) atoms. The molecule has 1 aromatic carbocycles. The smallest absolute Gasteiger partial charge is 0.250 e. The molecule has 0 aliphatic carbocycles. The maximum Gasteiger partial charge on any atom is 0.250 e. The number of allylic oxidation sites excluding steroid dienone is 2. The van der Waals surface area contributed by atoms with Crippen LogP contribution in [0.3, 0.4) is 0 Å². The predicted molar refractivity (Wildman–Crippen MR) is 99.8 cm³/mol. The van der Waals surface area contributed by atoms with E-state index in [2.05, 4.69) is 4.99 Å². The van der Waals surface area contributed by atoms with Gasteiger partial charge in [0.15, 0.2) is 0 Å². The number of hydrogen-bond donors (Lipinski definition) is 0. The number of carbonyl (C=O) groups is 2. The van der Waals surface area contributed by atoms with Gasteiger partial charge >= 0.3 is 0 Å². The summed E-state index contributed by atoms with van der Waals surface area (Å²) in [4.78, 5) is 32.7. The van der Waals surface area contributed by atoms with Gasteiger partial charge in [-0.2, -0.15) is 4.99 Å². The number of likely N-dealkylation sites (N-methyl/N-ethyl adjacent to an activating group) is 1. The van der Waals surface area contributed by atoms with Gasteiger partial charge in [-0.3, -0.25) is 9.59 Å². The van der Waals surface area contributed by atoms with Crippen LogP contribution < -0.4 is 4.74 Å². The molecule has 6 nitrogen and oxygen atoms in total. The van der Waals surface area contributed by atoms with E-state index in [0.29, 0.717) is 19.0 Å². The van der Waals surface area contributed by atoms with Crippen LogP contribution in [0.4, 0.5) is 0 Å². The normalized spacial score (nSPS) is 21.7. The third kappa shape index (κ3) is 3.54. The second kappa shape index (κ2) is 7.15. The van der Waals surface area contributed by atoms with Crippen molar-refractivity contribution in [3.05, 3.63) is 54.3 Å².